The molecule has 0 saturated carbocycles. The lowest BCUT2D eigenvalue weighted by Gasteiger charge is -2.18. The van der Waals surface area contributed by atoms with E-state index in [9.17, 15) is 4.79 Å². The number of rotatable bonds is 5. The van der Waals surface area contributed by atoms with Gasteiger partial charge < -0.3 is 9.88 Å². The molecule has 1 N–H and O–H groups in total. The van der Waals surface area contributed by atoms with Crippen LogP contribution in [0.3, 0.4) is 0 Å². The average molecular weight is 348 g/mol. The highest BCUT2D eigenvalue weighted by molar-refractivity contribution is 5.91. The minimum Gasteiger partial charge on any atom is -0.332 e. The number of nitrogens with one attached hydrogen (secondary N) is 1. The second-order valence-corrected chi connectivity index (χ2v) is 6.49. The number of imidazole rings is 1. The highest BCUT2D eigenvalue weighted by Crippen LogP contribution is 2.14. The van der Waals surface area contributed by atoms with Crippen molar-refractivity contribution >= 4 is 11.7 Å². The molecule has 3 rings (SSSR count). The highest BCUT2D eigenvalue weighted by Gasteiger charge is 2.12. The zero-order chi connectivity index (χ0) is 18.5. The van der Waals surface area contributed by atoms with Gasteiger partial charge in [-0.1, -0.05) is 42.0 Å². The summed E-state index contributed by atoms with van der Waals surface area (Å²) in [5, 5.41) is 2.96. The Morgan fingerprint density at radius 2 is 1.85 bits per heavy atom. The first-order valence-corrected chi connectivity index (χ1v) is 8.66. The van der Waals surface area contributed by atoms with E-state index in [0.717, 1.165) is 17.9 Å². The molecule has 5 nitrogen and oxygen atoms in total. The number of amides is 2. The van der Waals surface area contributed by atoms with Crippen LogP contribution in [0.25, 0.3) is 0 Å². The third kappa shape index (κ3) is 4.11. The van der Waals surface area contributed by atoms with Crippen molar-refractivity contribution in [2.45, 2.75) is 26.9 Å². The maximum Gasteiger partial charge on any atom is 0.321 e. The first-order valence-electron chi connectivity index (χ1n) is 8.66. The van der Waals surface area contributed by atoms with E-state index in [4.69, 9.17) is 0 Å². The Bertz CT molecular complexity index is 883. The molecular formula is C21H24N4O. The van der Waals surface area contributed by atoms with Gasteiger partial charge in [0, 0.05) is 25.5 Å². The molecule has 0 aliphatic carbocycles. The molecule has 3 aromatic rings. The number of nitrogens with zero attached hydrogens (tertiary/aromatic N) is 3. The minimum absolute atomic E-state index is 0.141. The largest absolute Gasteiger partial charge is 0.332 e. The van der Waals surface area contributed by atoms with E-state index in [1.165, 1.54) is 16.7 Å². The molecule has 0 saturated heterocycles. The van der Waals surface area contributed by atoms with Crippen LogP contribution in [0.1, 0.15) is 22.4 Å². The molecule has 5 heteroatoms. The molecule has 0 radical (unpaired) electrons. The lowest BCUT2D eigenvalue weighted by atomic mass is 10.1. The first-order chi connectivity index (χ1) is 12.5. The van der Waals surface area contributed by atoms with Crippen molar-refractivity contribution in [2.24, 2.45) is 0 Å². The van der Waals surface area contributed by atoms with Crippen molar-refractivity contribution in [3.63, 3.8) is 0 Å². The first kappa shape index (κ1) is 17.7. The standard InChI is InChI=1S/C21H24N4O/c1-16-8-10-19(11-9-16)24(3)21(26)23-13-20-12-22-15-25(20)14-18-7-5-4-6-17(18)2/h4-12,15H,13-14H2,1-3H3,(H,23,26). The number of aryl methyl sites for hydroxylation is 2. The maximum atomic E-state index is 12.4. The van der Waals surface area contributed by atoms with Crippen LogP contribution in [-0.4, -0.2) is 22.6 Å². The SMILES string of the molecule is Cc1ccc(N(C)C(=O)NCc2cncn2Cc2ccccc2C)cc1. The van der Waals surface area contributed by atoms with E-state index >= 15 is 0 Å². The van der Waals surface area contributed by atoms with Gasteiger partial charge in [0.25, 0.3) is 0 Å². The Morgan fingerprint density at radius 3 is 2.58 bits per heavy atom. The van der Waals surface area contributed by atoms with Crippen molar-refractivity contribution in [1.29, 1.82) is 0 Å². The van der Waals surface area contributed by atoms with Gasteiger partial charge in [-0.25, -0.2) is 9.78 Å². The monoisotopic (exact) mass is 348 g/mol. The summed E-state index contributed by atoms with van der Waals surface area (Å²) in [5.41, 5.74) is 5.49. The van der Waals surface area contributed by atoms with Gasteiger partial charge in [0.05, 0.1) is 18.6 Å². The number of anilines is 1. The molecule has 2 amide bonds. The Balaban J connectivity index is 1.63. The molecule has 26 heavy (non-hydrogen) atoms. The van der Waals surface area contributed by atoms with Gasteiger partial charge in [-0.2, -0.15) is 0 Å². The lowest BCUT2D eigenvalue weighted by Crippen LogP contribution is -2.37. The van der Waals surface area contributed by atoms with Gasteiger partial charge >= 0.3 is 6.03 Å². The fraction of sp³-hybridized carbons (Fsp3) is 0.238. The molecule has 2 aromatic carbocycles. The summed E-state index contributed by atoms with van der Waals surface area (Å²) in [6.07, 6.45) is 3.60. The molecule has 134 valence electrons. The fourth-order valence-electron chi connectivity index (χ4n) is 2.78. The van der Waals surface area contributed by atoms with Crippen LogP contribution in [-0.2, 0) is 13.1 Å². The smallest absolute Gasteiger partial charge is 0.321 e. The van der Waals surface area contributed by atoms with Gasteiger partial charge in [0.15, 0.2) is 0 Å². The van der Waals surface area contributed by atoms with Crippen LogP contribution >= 0.6 is 0 Å². The molecular weight excluding hydrogens is 324 g/mol. The van der Waals surface area contributed by atoms with E-state index in [1.807, 2.05) is 43.3 Å². The second kappa shape index (κ2) is 7.87. The Labute approximate surface area is 154 Å². The Kier molecular flexibility index (Phi) is 5.37. The van der Waals surface area contributed by atoms with E-state index in [2.05, 4.69) is 33.9 Å². The van der Waals surface area contributed by atoms with Crippen LogP contribution in [0.2, 0.25) is 0 Å². The second-order valence-electron chi connectivity index (χ2n) is 6.49. The summed E-state index contributed by atoms with van der Waals surface area (Å²) in [7, 11) is 1.77. The molecule has 0 fully saturated rings. The molecule has 0 spiro atoms. The third-order valence-corrected chi connectivity index (χ3v) is 4.55. The zero-order valence-electron chi connectivity index (χ0n) is 15.4. The Hall–Kier alpha value is -3.08. The van der Waals surface area contributed by atoms with Crippen molar-refractivity contribution < 1.29 is 4.79 Å². The predicted octanol–water partition coefficient (Wildman–Crippen LogP) is 3.89. The number of carbonyl (C=O) groups is 1. The normalized spacial score (nSPS) is 10.6. The van der Waals surface area contributed by atoms with Crippen molar-refractivity contribution in [1.82, 2.24) is 14.9 Å². The maximum absolute atomic E-state index is 12.4. The number of carbonyl (C=O) groups excluding carboxylic acids is 1. The summed E-state index contributed by atoms with van der Waals surface area (Å²) < 4.78 is 2.06. The van der Waals surface area contributed by atoms with Gasteiger partial charge in [0.1, 0.15) is 0 Å². The molecule has 0 unspecified atom stereocenters. The van der Waals surface area contributed by atoms with Crippen molar-refractivity contribution in [3.05, 3.63) is 83.4 Å². The molecule has 0 aliphatic rings. The van der Waals surface area contributed by atoms with E-state index in [-0.39, 0.29) is 6.03 Å². The zero-order valence-corrected chi connectivity index (χ0v) is 15.4. The van der Waals surface area contributed by atoms with Gasteiger partial charge in [-0.3, -0.25) is 4.90 Å². The van der Waals surface area contributed by atoms with Crippen molar-refractivity contribution in [2.75, 3.05) is 11.9 Å². The summed E-state index contributed by atoms with van der Waals surface area (Å²) in [4.78, 5) is 18.3. The molecule has 0 atom stereocenters. The van der Waals surface area contributed by atoms with Gasteiger partial charge in [-0.15, -0.1) is 0 Å². The lowest BCUT2D eigenvalue weighted by molar-refractivity contribution is 0.247. The number of benzene rings is 2. The molecule has 0 aliphatic heterocycles. The molecule has 0 bridgehead atoms. The van der Waals surface area contributed by atoms with E-state index < -0.39 is 0 Å². The van der Waals surface area contributed by atoms with Crippen LogP contribution < -0.4 is 10.2 Å². The molecule has 1 heterocycles. The minimum atomic E-state index is -0.141. The van der Waals surface area contributed by atoms with Crippen molar-refractivity contribution in [3.8, 4) is 0 Å². The van der Waals surface area contributed by atoms with Gasteiger partial charge in [0.2, 0.25) is 0 Å². The van der Waals surface area contributed by atoms with Crippen LogP contribution in [0.15, 0.2) is 61.1 Å². The summed E-state index contributed by atoms with van der Waals surface area (Å²) >= 11 is 0. The van der Waals surface area contributed by atoms with E-state index in [0.29, 0.717) is 6.54 Å². The third-order valence-electron chi connectivity index (χ3n) is 4.55. The number of aromatic nitrogens is 2. The number of urea groups is 1. The molecule has 1 aromatic heterocycles. The summed E-state index contributed by atoms with van der Waals surface area (Å²) in [5.74, 6) is 0. The van der Waals surface area contributed by atoms with Crippen LogP contribution in [0, 0.1) is 13.8 Å². The summed E-state index contributed by atoms with van der Waals surface area (Å²) in [6, 6.07) is 16.0. The van der Waals surface area contributed by atoms with E-state index in [1.54, 1.807) is 24.5 Å². The quantitative estimate of drug-likeness (QED) is 0.760. The number of hydrogen-bond acceptors (Lipinski definition) is 2. The topological polar surface area (TPSA) is 50.2 Å². The Morgan fingerprint density at radius 1 is 1.12 bits per heavy atom. The fourth-order valence-corrected chi connectivity index (χ4v) is 2.78. The predicted molar refractivity (Wildman–Crippen MR) is 104 cm³/mol. The highest BCUT2D eigenvalue weighted by atomic mass is 16.2. The van der Waals surface area contributed by atoms with Gasteiger partial charge in [-0.05, 0) is 37.1 Å². The average Bonchev–Trinajstić information content (AvgIpc) is 3.09. The van der Waals surface area contributed by atoms with Crippen LogP contribution in [0.4, 0.5) is 10.5 Å². The summed E-state index contributed by atoms with van der Waals surface area (Å²) in [6.45, 7) is 5.30. The van der Waals surface area contributed by atoms with Crippen LogP contribution in [0.5, 0.6) is 0 Å². The number of hydrogen-bond donors (Lipinski definition) is 1.